The maximum absolute atomic E-state index is 11.7. The fourth-order valence-electron chi connectivity index (χ4n) is 3.52. The van der Waals surface area contributed by atoms with Crippen LogP contribution in [0.1, 0.15) is 44.6 Å². The van der Waals surface area contributed by atoms with Crippen LogP contribution in [-0.4, -0.2) is 44.6 Å². The minimum Gasteiger partial charge on any atom is -0.490 e. The molecule has 1 aliphatic carbocycles. The maximum atomic E-state index is 11.7. The van der Waals surface area contributed by atoms with E-state index in [4.69, 9.17) is 4.74 Å². The topological polar surface area (TPSA) is 79.8 Å². The molecule has 2 aliphatic rings. The highest BCUT2D eigenvalue weighted by Crippen LogP contribution is 2.27. The highest BCUT2D eigenvalue weighted by molar-refractivity contribution is 14.0. The number of benzene rings is 1. The monoisotopic (exact) mass is 507 g/mol. The van der Waals surface area contributed by atoms with E-state index in [2.05, 4.69) is 15.6 Å². The van der Waals surface area contributed by atoms with Gasteiger partial charge in [0.1, 0.15) is 5.75 Å². The second kappa shape index (κ2) is 10.5. The molecule has 1 unspecified atom stereocenters. The number of hydrogen-bond acceptors (Lipinski definition) is 4. The Hall–Kier alpha value is -1.03. The molecule has 2 fully saturated rings. The number of nitrogens with zero attached hydrogens (tertiary/aromatic N) is 1. The van der Waals surface area contributed by atoms with Crippen LogP contribution in [0, 0.1) is 0 Å². The second-order valence-electron chi connectivity index (χ2n) is 7.07. The van der Waals surface area contributed by atoms with Crippen LogP contribution < -0.4 is 15.4 Å². The van der Waals surface area contributed by atoms with Crippen molar-refractivity contribution in [3.8, 4) is 5.75 Å². The first-order valence-corrected chi connectivity index (χ1v) is 11.4. The first kappa shape index (κ1) is 22.3. The molecular formula is C19H30IN3O3S. The van der Waals surface area contributed by atoms with Crippen LogP contribution >= 0.6 is 24.0 Å². The lowest BCUT2D eigenvalue weighted by Crippen LogP contribution is -2.44. The first-order chi connectivity index (χ1) is 12.6. The average Bonchev–Trinajstić information content (AvgIpc) is 3.23. The number of halogens is 1. The molecule has 0 bridgehead atoms. The smallest absolute Gasteiger partial charge is 0.191 e. The summed E-state index contributed by atoms with van der Waals surface area (Å²) in [6.45, 7) is 3.23. The van der Waals surface area contributed by atoms with Crippen LogP contribution in [0.25, 0.3) is 0 Å². The summed E-state index contributed by atoms with van der Waals surface area (Å²) in [4.78, 5) is 4.65. The van der Waals surface area contributed by atoms with Gasteiger partial charge in [-0.15, -0.1) is 24.0 Å². The molecule has 8 heteroatoms. The Morgan fingerprint density at radius 3 is 2.63 bits per heavy atom. The Labute approximate surface area is 179 Å². The van der Waals surface area contributed by atoms with E-state index in [-0.39, 0.29) is 41.5 Å². The van der Waals surface area contributed by atoms with Gasteiger partial charge in [0, 0.05) is 18.2 Å². The quantitative estimate of drug-likeness (QED) is 0.352. The van der Waals surface area contributed by atoms with Crippen LogP contribution in [0.3, 0.4) is 0 Å². The number of hydrogen-bond donors (Lipinski definition) is 2. The zero-order valence-corrected chi connectivity index (χ0v) is 19.0. The van der Waals surface area contributed by atoms with Crippen molar-refractivity contribution in [2.24, 2.45) is 4.99 Å². The SMILES string of the molecule is CCNC(=NCc1ccccc1OC1CCCC1)NC1CCS(=O)(=O)C1.I. The highest BCUT2D eigenvalue weighted by atomic mass is 127. The summed E-state index contributed by atoms with van der Waals surface area (Å²) < 4.78 is 29.5. The zero-order chi connectivity index (χ0) is 18.4. The summed E-state index contributed by atoms with van der Waals surface area (Å²) >= 11 is 0. The van der Waals surface area contributed by atoms with E-state index in [1.165, 1.54) is 12.8 Å². The van der Waals surface area contributed by atoms with Crippen molar-refractivity contribution < 1.29 is 13.2 Å². The van der Waals surface area contributed by atoms with Crippen molar-refractivity contribution in [1.82, 2.24) is 10.6 Å². The first-order valence-electron chi connectivity index (χ1n) is 9.55. The van der Waals surface area contributed by atoms with Gasteiger partial charge in [-0.25, -0.2) is 13.4 Å². The molecule has 3 rings (SSSR count). The molecule has 0 spiro atoms. The third kappa shape index (κ3) is 6.81. The standard InChI is InChI=1S/C19H29N3O3S.HI/c1-2-20-19(22-16-11-12-26(23,24)14-16)21-13-15-7-3-6-10-18(15)25-17-8-4-5-9-17;/h3,6-7,10,16-17H,2,4-5,8-9,11-14H2,1H3,(H2,20,21,22);1H. The van der Waals surface area contributed by atoms with E-state index >= 15 is 0 Å². The number of para-hydroxylation sites is 1. The molecule has 2 N–H and O–H groups in total. The van der Waals surface area contributed by atoms with Crippen LogP contribution in [0.5, 0.6) is 5.75 Å². The van der Waals surface area contributed by atoms with E-state index in [1.807, 2.05) is 31.2 Å². The van der Waals surface area contributed by atoms with Crippen LogP contribution in [0.2, 0.25) is 0 Å². The van der Waals surface area contributed by atoms with Crippen molar-refractivity contribution in [3.63, 3.8) is 0 Å². The molecule has 1 atom stereocenters. The third-order valence-electron chi connectivity index (χ3n) is 4.89. The van der Waals surface area contributed by atoms with Gasteiger partial charge in [0.2, 0.25) is 0 Å². The molecule has 1 saturated heterocycles. The van der Waals surface area contributed by atoms with E-state index in [0.717, 1.165) is 30.7 Å². The second-order valence-corrected chi connectivity index (χ2v) is 9.30. The molecular weight excluding hydrogens is 477 g/mol. The Morgan fingerprint density at radius 1 is 1.22 bits per heavy atom. The summed E-state index contributed by atoms with van der Waals surface area (Å²) in [5.41, 5.74) is 1.05. The lowest BCUT2D eigenvalue weighted by atomic mass is 10.2. The largest absolute Gasteiger partial charge is 0.490 e. The minimum absolute atomic E-state index is 0. The van der Waals surface area contributed by atoms with Crippen molar-refractivity contribution in [1.29, 1.82) is 0 Å². The van der Waals surface area contributed by atoms with Crippen LogP contribution in [0.4, 0.5) is 0 Å². The van der Waals surface area contributed by atoms with Gasteiger partial charge in [-0.1, -0.05) is 18.2 Å². The molecule has 1 aromatic carbocycles. The molecule has 1 heterocycles. The van der Waals surface area contributed by atoms with Gasteiger partial charge >= 0.3 is 0 Å². The lowest BCUT2D eigenvalue weighted by molar-refractivity contribution is 0.208. The summed E-state index contributed by atoms with van der Waals surface area (Å²) in [6, 6.07) is 7.97. The Kier molecular flexibility index (Phi) is 8.65. The summed E-state index contributed by atoms with van der Waals surface area (Å²) in [5.74, 6) is 1.99. The highest BCUT2D eigenvalue weighted by Gasteiger charge is 2.28. The van der Waals surface area contributed by atoms with Gasteiger partial charge in [-0.2, -0.15) is 0 Å². The van der Waals surface area contributed by atoms with E-state index in [9.17, 15) is 8.42 Å². The van der Waals surface area contributed by atoms with Crippen molar-refractivity contribution in [3.05, 3.63) is 29.8 Å². The minimum atomic E-state index is -2.91. The van der Waals surface area contributed by atoms with E-state index in [0.29, 0.717) is 25.0 Å². The number of rotatable bonds is 6. The maximum Gasteiger partial charge on any atom is 0.191 e. The Bertz CT molecular complexity index is 733. The molecule has 152 valence electrons. The molecule has 27 heavy (non-hydrogen) atoms. The summed E-state index contributed by atoms with van der Waals surface area (Å²) in [7, 11) is -2.91. The van der Waals surface area contributed by atoms with E-state index < -0.39 is 9.84 Å². The Morgan fingerprint density at radius 2 is 1.96 bits per heavy atom. The van der Waals surface area contributed by atoms with Gasteiger partial charge in [-0.3, -0.25) is 0 Å². The number of sulfone groups is 1. The number of ether oxygens (including phenoxy) is 1. The molecule has 0 radical (unpaired) electrons. The van der Waals surface area contributed by atoms with Crippen LogP contribution in [-0.2, 0) is 16.4 Å². The zero-order valence-electron chi connectivity index (χ0n) is 15.8. The number of nitrogens with one attached hydrogen (secondary N) is 2. The Balaban J connectivity index is 0.00000261. The van der Waals surface area contributed by atoms with Gasteiger partial charge in [0.25, 0.3) is 0 Å². The fraction of sp³-hybridized carbons (Fsp3) is 0.632. The normalized spacial score (nSPS) is 22.3. The summed E-state index contributed by atoms with van der Waals surface area (Å²) in [5, 5.41) is 6.46. The van der Waals surface area contributed by atoms with Crippen LogP contribution in [0.15, 0.2) is 29.3 Å². The fourth-order valence-corrected chi connectivity index (χ4v) is 5.19. The summed E-state index contributed by atoms with van der Waals surface area (Å²) in [6.07, 6.45) is 5.67. The van der Waals surface area contributed by atoms with Gasteiger partial charge in [0.15, 0.2) is 15.8 Å². The molecule has 1 aliphatic heterocycles. The van der Waals surface area contributed by atoms with Gasteiger partial charge < -0.3 is 15.4 Å². The molecule has 0 amide bonds. The number of guanidine groups is 1. The molecule has 6 nitrogen and oxygen atoms in total. The van der Waals surface area contributed by atoms with E-state index in [1.54, 1.807) is 0 Å². The van der Waals surface area contributed by atoms with Crippen molar-refractivity contribution in [2.75, 3.05) is 18.1 Å². The van der Waals surface area contributed by atoms with Crippen molar-refractivity contribution >= 4 is 39.8 Å². The predicted octanol–water partition coefficient (Wildman–Crippen LogP) is 2.87. The van der Waals surface area contributed by atoms with Gasteiger partial charge in [-0.05, 0) is 45.1 Å². The molecule has 0 aromatic heterocycles. The number of aliphatic imine (C=N–C) groups is 1. The van der Waals surface area contributed by atoms with Gasteiger partial charge in [0.05, 0.1) is 24.2 Å². The van der Waals surface area contributed by atoms with Crippen molar-refractivity contribution in [2.45, 2.75) is 57.7 Å². The average molecular weight is 507 g/mol. The lowest BCUT2D eigenvalue weighted by Gasteiger charge is -2.17. The predicted molar refractivity (Wildman–Crippen MR) is 120 cm³/mol. The molecule has 1 saturated carbocycles. The molecule has 1 aromatic rings. The third-order valence-corrected chi connectivity index (χ3v) is 6.66.